The molecule has 2 aliphatic heterocycles. The molecular weight excluding hydrogens is 198 g/mol. The minimum atomic E-state index is 0.400. The fraction of sp³-hybridized carbons (Fsp3) is 0.929. The van der Waals surface area contributed by atoms with Crippen LogP contribution in [0.5, 0.6) is 0 Å². The number of rotatable bonds is 3. The van der Waals surface area contributed by atoms with E-state index in [2.05, 4.69) is 5.32 Å². The van der Waals surface area contributed by atoms with E-state index in [4.69, 9.17) is 0 Å². The van der Waals surface area contributed by atoms with Crippen molar-refractivity contribution in [1.29, 1.82) is 0 Å². The zero-order valence-electron chi connectivity index (χ0n) is 10.1. The second-order valence-corrected chi connectivity index (χ2v) is 6.13. The van der Waals surface area contributed by atoms with Gasteiger partial charge in [0.15, 0.2) is 0 Å². The average molecular weight is 221 g/mol. The maximum atomic E-state index is 12.2. The molecule has 0 amide bonds. The fourth-order valence-corrected chi connectivity index (χ4v) is 3.68. The van der Waals surface area contributed by atoms with Crippen molar-refractivity contribution < 1.29 is 4.79 Å². The van der Waals surface area contributed by atoms with E-state index in [1.54, 1.807) is 0 Å². The van der Waals surface area contributed by atoms with E-state index in [1.807, 2.05) is 0 Å². The van der Waals surface area contributed by atoms with Crippen molar-refractivity contribution in [2.24, 2.45) is 11.8 Å². The van der Waals surface area contributed by atoms with Crippen LogP contribution in [0.2, 0.25) is 0 Å². The zero-order chi connectivity index (χ0) is 11.0. The molecule has 1 aliphatic carbocycles. The van der Waals surface area contributed by atoms with Gasteiger partial charge in [-0.1, -0.05) is 25.7 Å². The van der Waals surface area contributed by atoms with Gasteiger partial charge in [-0.15, -0.1) is 0 Å². The van der Waals surface area contributed by atoms with Crippen LogP contribution in [-0.4, -0.2) is 17.9 Å². The Morgan fingerprint density at radius 3 is 2.19 bits per heavy atom. The van der Waals surface area contributed by atoms with Crippen molar-refractivity contribution in [3.63, 3.8) is 0 Å². The Kier molecular flexibility index (Phi) is 3.01. The van der Waals surface area contributed by atoms with E-state index in [0.717, 1.165) is 25.2 Å². The molecular formula is C14H23NO. The van der Waals surface area contributed by atoms with E-state index >= 15 is 0 Å². The van der Waals surface area contributed by atoms with Crippen LogP contribution in [0.25, 0.3) is 0 Å². The highest BCUT2D eigenvalue weighted by molar-refractivity contribution is 5.81. The van der Waals surface area contributed by atoms with Crippen molar-refractivity contribution in [2.75, 3.05) is 0 Å². The normalized spacial score (nSPS) is 39.1. The van der Waals surface area contributed by atoms with Crippen molar-refractivity contribution in [3.05, 3.63) is 0 Å². The number of nitrogens with one attached hydrogen (secondary N) is 1. The summed E-state index contributed by atoms with van der Waals surface area (Å²) >= 11 is 0. The summed E-state index contributed by atoms with van der Waals surface area (Å²) in [5.74, 6) is 1.74. The number of hydrogen-bond acceptors (Lipinski definition) is 2. The number of Topliss-reactive ketones (excluding diaryl/α,β-unsaturated/α-hetero) is 1. The number of fused-ring (bicyclic) bond motifs is 2. The van der Waals surface area contributed by atoms with E-state index in [0.29, 0.717) is 23.8 Å². The molecule has 2 unspecified atom stereocenters. The first kappa shape index (κ1) is 10.8. The van der Waals surface area contributed by atoms with Gasteiger partial charge in [-0.05, 0) is 31.6 Å². The van der Waals surface area contributed by atoms with Gasteiger partial charge in [0, 0.05) is 24.4 Å². The molecule has 1 saturated carbocycles. The van der Waals surface area contributed by atoms with Crippen LogP contribution in [0.1, 0.15) is 57.8 Å². The SMILES string of the molecule is O=C(CC1CCC1)C1CC2CCCC(C1)N2. The molecule has 2 bridgehead atoms. The maximum Gasteiger partial charge on any atom is 0.136 e. The number of ketones is 1. The van der Waals surface area contributed by atoms with Crippen LogP contribution in [-0.2, 0) is 4.79 Å². The lowest BCUT2D eigenvalue weighted by Gasteiger charge is -2.40. The van der Waals surface area contributed by atoms with Crippen molar-refractivity contribution in [3.8, 4) is 0 Å². The van der Waals surface area contributed by atoms with Gasteiger partial charge < -0.3 is 5.32 Å². The first-order valence-electron chi connectivity index (χ1n) is 7.10. The monoisotopic (exact) mass is 221 g/mol. The third-order valence-corrected chi connectivity index (χ3v) is 4.88. The smallest absolute Gasteiger partial charge is 0.136 e. The minimum Gasteiger partial charge on any atom is -0.311 e. The lowest BCUT2D eigenvalue weighted by Crippen LogP contribution is -2.50. The van der Waals surface area contributed by atoms with Crippen molar-refractivity contribution in [1.82, 2.24) is 5.32 Å². The summed E-state index contributed by atoms with van der Waals surface area (Å²) in [5.41, 5.74) is 0. The van der Waals surface area contributed by atoms with Gasteiger partial charge in [0.25, 0.3) is 0 Å². The molecule has 0 aromatic carbocycles. The lowest BCUT2D eigenvalue weighted by molar-refractivity contribution is -0.126. The van der Waals surface area contributed by atoms with Crippen LogP contribution in [0, 0.1) is 11.8 Å². The predicted octanol–water partition coefficient (Wildman–Crippen LogP) is 2.67. The fourth-order valence-electron chi connectivity index (χ4n) is 3.68. The van der Waals surface area contributed by atoms with Gasteiger partial charge in [0.05, 0.1) is 0 Å². The molecule has 2 nitrogen and oxygen atoms in total. The number of piperidine rings is 2. The summed E-state index contributed by atoms with van der Waals surface area (Å²) in [6.45, 7) is 0. The third kappa shape index (κ3) is 2.17. The standard InChI is InChI=1S/C14H23NO/c16-14(7-10-3-1-4-10)11-8-12-5-2-6-13(9-11)15-12/h10-13,15H,1-9H2. The van der Waals surface area contributed by atoms with E-state index in [-0.39, 0.29) is 0 Å². The Balaban J connectivity index is 1.55. The van der Waals surface area contributed by atoms with Gasteiger partial charge in [0.1, 0.15) is 5.78 Å². The van der Waals surface area contributed by atoms with Gasteiger partial charge >= 0.3 is 0 Å². The van der Waals surface area contributed by atoms with E-state index in [9.17, 15) is 4.79 Å². The van der Waals surface area contributed by atoms with Gasteiger partial charge in [-0.3, -0.25) is 4.79 Å². The Labute approximate surface area is 98.2 Å². The Morgan fingerprint density at radius 2 is 1.62 bits per heavy atom. The van der Waals surface area contributed by atoms with Crippen LogP contribution < -0.4 is 5.32 Å². The largest absolute Gasteiger partial charge is 0.311 e. The summed E-state index contributed by atoms with van der Waals surface area (Å²) in [6.07, 6.45) is 11.1. The summed E-state index contributed by atoms with van der Waals surface area (Å²) in [4.78, 5) is 12.2. The highest BCUT2D eigenvalue weighted by atomic mass is 16.1. The molecule has 90 valence electrons. The number of hydrogen-bond donors (Lipinski definition) is 1. The molecule has 0 radical (unpaired) electrons. The van der Waals surface area contributed by atoms with Crippen molar-refractivity contribution >= 4 is 5.78 Å². The highest BCUT2D eigenvalue weighted by Gasteiger charge is 2.35. The highest BCUT2D eigenvalue weighted by Crippen LogP contribution is 2.35. The molecule has 0 aromatic rings. The van der Waals surface area contributed by atoms with Gasteiger partial charge in [-0.25, -0.2) is 0 Å². The predicted molar refractivity (Wildman–Crippen MR) is 64.3 cm³/mol. The Morgan fingerprint density at radius 1 is 1.00 bits per heavy atom. The number of carbonyl (C=O) groups is 1. The summed E-state index contributed by atoms with van der Waals surface area (Å²) in [5, 5.41) is 3.67. The summed E-state index contributed by atoms with van der Waals surface area (Å²) in [6, 6.07) is 1.31. The topological polar surface area (TPSA) is 29.1 Å². The van der Waals surface area contributed by atoms with Crippen LogP contribution >= 0.6 is 0 Å². The van der Waals surface area contributed by atoms with Gasteiger partial charge in [0.2, 0.25) is 0 Å². The Hall–Kier alpha value is -0.370. The second-order valence-electron chi connectivity index (χ2n) is 6.13. The Bertz CT molecular complexity index is 260. The quantitative estimate of drug-likeness (QED) is 0.794. The average Bonchev–Trinajstić information content (AvgIpc) is 2.22. The molecule has 3 aliphatic rings. The molecule has 3 rings (SSSR count). The van der Waals surface area contributed by atoms with Crippen LogP contribution in [0.4, 0.5) is 0 Å². The van der Waals surface area contributed by atoms with Crippen LogP contribution in [0.15, 0.2) is 0 Å². The van der Waals surface area contributed by atoms with Gasteiger partial charge in [-0.2, -0.15) is 0 Å². The molecule has 0 aromatic heterocycles. The molecule has 1 N–H and O–H groups in total. The minimum absolute atomic E-state index is 0.400. The zero-order valence-corrected chi connectivity index (χ0v) is 10.1. The molecule has 2 saturated heterocycles. The summed E-state index contributed by atoms with van der Waals surface area (Å²) in [7, 11) is 0. The number of carbonyl (C=O) groups excluding carboxylic acids is 1. The van der Waals surface area contributed by atoms with E-state index < -0.39 is 0 Å². The first-order valence-corrected chi connectivity index (χ1v) is 7.10. The molecule has 3 fully saturated rings. The first-order chi connectivity index (χ1) is 7.81. The van der Waals surface area contributed by atoms with Crippen molar-refractivity contribution in [2.45, 2.75) is 69.9 Å². The maximum absolute atomic E-state index is 12.2. The molecule has 0 spiro atoms. The second kappa shape index (κ2) is 4.48. The van der Waals surface area contributed by atoms with E-state index in [1.165, 1.54) is 38.5 Å². The molecule has 2 atom stereocenters. The third-order valence-electron chi connectivity index (χ3n) is 4.88. The molecule has 2 heterocycles. The molecule has 2 heteroatoms. The van der Waals surface area contributed by atoms with Crippen LogP contribution in [0.3, 0.4) is 0 Å². The molecule has 16 heavy (non-hydrogen) atoms. The summed E-state index contributed by atoms with van der Waals surface area (Å²) < 4.78 is 0. The lowest BCUT2D eigenvalue weighted by atomic mass is 9.74.